The summed E-state index contributed by atoms with van der Waals surface area (Å²) in [5.74, 6) is 0.812. The highest BCUT2D eigenvalue weighted by Crippen LogP contribution is 2.28. The van der Waals surface area contributed by atoms with E-state index in [4.69, 9.17) is 5.11 Å². The summed E-state index contributed by atoms with van der Waals surface area (Å²) in [5, 5.41) is 8.62. The van der Waals surface area contributed by atoms with Gasteiger partial charge in [-0.2, -0.15) is 0 Å². The van der Waals surface area contributed by atoms with Gasteiger partial charge in [0.05, 0.1) is 6.54 Å². The van der Waals surface area contributed by atoms with Crippen molar-refractivity contribution in [2.75, 3.05) is 20.1 Å². The molecule has 0 aromatic heterocycles. The fourth-order valence-electron chi connectivity index (χ4n) is 2.46. The molecule has 1 aliphatic carbocycles. The van der Waals surface area contributed by atoms with Crippen LogP contribution in [0.4, 0.5) is 0 Å². The van der Waals surface area contributed by atoms with Gasteiger partial charge in [-0.3, -0.25) is 9.69 Å². The lowest BCUT2D eigenvalue weighted by molar-refractivity contribution is -0.138. The van der Waals surface area contributed by atoms with Crippen molar-refractivity contribution in [3.63, 3.8) is 0 Å². The molecular weight excluding hydrogens is 178 g/mol. The lowest BCUT2D eigenvalue weighted by Crippen LogP contribution is -2.32. The van der Waals surface area contributed by atoms with Gasteiger partial charge >= 0.3 is 5.97 Å². The fourth-order valence-corrected chi connectivity index (χ4v) is 2.46. The first-order chi connectivity index (χ1) is 6.58. The van der Waals surface area contributed by atoms with Crippen molar-refractivity contribution in [2.24, 2.45) is 11.8 Å². The van der Waals surface area contributed by atoms with Crippen molar-refractivity contribution < 1.29 is 9.90 Å². The molecule has 2 unspecified atom stereocenters. The van der Waals surface area contributed by atoms with Crippen LogP contribution in [0.15, 0.2) is 0 Å². The van der Waals surface area contributed by atoms with E-state index in [1.54, 1.807) is 0 Å². The van der Waals surface area contributed by atoms with Gasteiger partial charge in [0, 0.05) is 6.54 Å². The van der Waals surface area contributed by atoms with Gasteiger partial charge in [0.1, 0.15) is 0 Å². The van der Waals surface area contributed by atoms with Gasteiger partial charge in [-0.15, -0.1) is 0 Å². The smallest absolute Gasteiger partial charge is 0.317 e. The van der Waals surface area contributed by atoms with Crippen LogP contribution in [-0.4, -0.2) is 36.1 Å². The lowest BCUT2D eigenvalue weighted by atomic mass is 9.82. The van der Waals surface area contributed by atoms with Gasteiger partial charge in [0.2, 0.25) is 0 Å². The highest BCUT2D eigenvalue weighted by molar-refractivity contribution is 5.68. The molecule has 1 saturated carbocycles. The molecule has 0 bridgehead atoms. The number of nitrogens with zero attached hydrogens (tertiary/aromatic N) is 1. The van der Waals surface area contributed by atoms with E-state index in [0.29, 0.717) is 5.92 Å². The van der Waals surface area contributed by atoms with E-state index >= 15 is 0 Å². The van der Waals surface area contributed by atoms with E-state index < -0.39 is 5.97 Å². The number of aliphatic carboxylic acids is 1. The summed E-state index contributed by atoms with van der Waals surface area (Å²) in [4.78, 5) is 12.4. The number of carboxylic acid groups (broad SMARTS) is 1. The van der Waals surface area contributed by atoms with Crippen molar-refractivity contribution in [1.82, 2.24) is 4.90 Å². The molecule has 0 heterocycles. The first-order valence-corrected chi connectivity index (χ1v) is 5.48. The van der Waals surface area contributed by atoms with Crippen molar-refractivity contribution in [1.29, 1.82) is 0 Å². The third-order valence-electron chi connectivity index (χ3n) is 3.02. The zero-order chi connectivity index (χ0) is 10.6. The molecule has 82 valence electrons. The Morgan fingerprint density at radius 1 is 1.50 bits per heavy atom. The topological polar surface area (TPSA) is 40.5 Å². The van der Waals surface area contributed by atoms with Crippen LogP contribution in [0.2, 0.25) is 0 Å². The molecular formula is C11H21NO2. The number of carboxylic acids is 1. The lowest BCUT2D eigenvalue weighted by Gasteiger charge is -2.29. The Labute approximate surface area is 86.1 Å². The van der Waals surface area contributed by atoms with Gasteiger partial charge < -0.3 is 5.11 Å². The second-order valence-electron chi connectivity index (χ2n) is 4.73. The summed E-state index contributed by atoms with van der Waals surface area (Å²) in [5.41, 5.74) is 0. The maximum Gasteiger partial charge on any atom is 0.317 e. The molecule has 2 atom stereocenters. The zero-order valence-corrected chi connectivity index (χ0v) is 9.20. The Morgan fingerprint density at radius 2 is 2.21 bits per heavy atom. The quantitative estimate of drug-likeness (QED) is 0.751. The Hall–Kier alpha value is -0.570. The first-order valence-electron chi connectivity index (χ1n) is 5.48. The summed E-state index contributed by atoms with van der Waals surface area (Å²) in [6.45, 7) is 3.41. The molecule has 0 spiro atoms. The molecule has 0 aliphatic heterocycles. The molecule has 0 aromatic rings. The number of carbonyl (C=O) groups is 1. The van der Waals surface area contributed by atoms with Gasteiger partial charge in [0.15, 0.2) is 0 Å². The molecule has 0 aromatic carbocycles. The predicted molar refractivity (Wildman–Crippen MR) is 56.3 cm³/mol. The summed E-state index contributed by atoms with van der Waals surface area (Å²) >= 11 is 0. The first kappa shape index (κ1) is 11.5. The summed E-state index contributed by atoms with van der Waals surface area (Å²) in [7, 11) is 1.90. The van der Waals surface area contributed by atoms with Crippen LogP contribution < -0.4 is 0 Å². The Bertz CT molecular complexity index is 194. The average Bonchev–Trinajstić information content (AvgIpc) is 2.01. The molecule has 1 fully saturated rings. The molecule has 3 heteroatoms. The largest absolute Gasteiger partial charge is 0.480 e. The van der Waals surface area contributed by atoms with Gasteiger partial charge in [-0.1, -0.05) is 19.8 Å². The van der Waals surface area contributed by atoms with E-state index in [0.717, 1.165) is 12.5 Å². The molecule has 0 radical (unpaired) electrons. The maximum atomic E-state index is 10.5. The zero-order valence-electron chi connectivity index (χ0n) is 9.20. The number of likely N-dealkylation sites (N-methyl/N-ethyl adjacent to an activating group) is 1. The normalized spacial score (nSPS) is 27.9. The van der Waals surface area contributed by atoms with Crippen LogP contribution >= 0.6 is 0 Å². The monoisotopic (exact) mass is 199 g/mol. The van der Waals surface area contributed by atoms with Crippen LogP contribution in [-0.2, 0) is 4.79 Å². The van der Waals surface area contributed by atoms with E-state index in [2.05, 4.69) is 6.92 Å². The summed E-state index contributed by atoms with van der Waals surface area (Å²) in [6.07, 6.45) is 5.20. The SMILES string of the molecule is CC1CCCC(CN(C)CC(=O)O)C1. The molecule has 0 amide bonds. The highest BCUT2D eigenvalue weighted by Gasteiger charge is 2.20. The minimum Gasteiger partial charge on any atom is -0.480 e. The van der Waals surface area contributed by atoms with Gasteiger partial charge in [-0.25, -0.2) is 0 Å². The number of rotatable bonds is 4. The van der Waals surface area contributed by atoms with Gasteiger partial charge in [0.25, 0.3) is 0 Å². The Balaban J connectivity index is 2.25. The van der Waals surface area contributed by atoms with Crippen LogP contribution in [0.5, 0.6) is 0 Å². The molecule has 0 saturated heterocycles. The van der Waals surface area contributed by atoms with E-state index in [1.807, 2.05) is 11.9 Å². The van der Waals surface area contributed by atoms with Crippen molar-refractivity contribution in [3.05, 3.63) is 0 Å². The average molecular weight is 199 g/mol. The van der Waals surface area contributed by atoms with Crippen molar-refractivity contribution >= 4 is 5.97 Å². The van der Waals surface area contributed by atoms with Crippen LogP contribution in [0.25, 0.3) is 0 Å². The Morgan fingerprint density at radius 3 is 2.79 bits per heavy atom. The minimum atomic E-state index is -0.726. The highest BCUT2D eigenvalue weighted by atomic mass is 16.4. The second kappa shape index (κ2) is 5.35. The summed E-state index contributed by atoms with van der Waals surface area (Å²) < 4.78 is 0. The van der Waals surface area contributed by atoms with Crippen molar-refractivity contribution in [3.8, 4) is 0 Å². The van der Waals surface area contributed by atoms with Crippen molar-refractivity contribution in [2.45, 2.75) is 32.6 Å². The Kier molecular flexibility index (Phi) is 4.39. The van der Waals surface area contributed by atoms with E-state index in [-0.39, 0.29) is 6.54 Å². The van der Waals surface area contributed by atoms with Gasteiger partial charge in [-0.05, 0) is 31.7 Å². The van der Waals surface area contributed by atoms with E-state index in [1.165, 1.54) is 25.7 Å². The minimum absolute atomic E-state index is 0.172. The third kappa shape index (κ3) is 4.09. The maximum absolute atomic E-state index is 10.5. The molecule has 1 N–H and O–H groups in total. The second-order valence-corrected chi connectivity index (χ2v) is 4.73. The van der Waals surface area contributed by atoms with Crippen LogP contribution in [0.3, 0.4) is 0 Å². The third-order valence-corrected chi connectivity index (χ3v) is 3.02. The number of hydrogen-bond acceptors (Lipinski definition) is 2. The molecule has 1 aliphatic rings. The van der Waals surface area contributed by atoms with Crippen LogP contribution in [0.1, 0.15) is 32.6 Å². The van der Waals surface area contributed by atoms with E-state index in [9.17, 15) is 4.79 Å². The predicted octanol–water partition coefficient (Wildman–Crippen LogP) is 1.83. The van der Waals surface area contributed by atoms with Crippen LogP contribution in [0, 0.1) is 11.8 Å². The molecule has 1 rings (SSSR count). The molecule has 14 heavy (non-hydrogen) atoms. The summed E-state index contributed by atoms with van der Waals surface area (Å²) in [6, 6.07) is 0. The fraction of sp³-hybridized carbons (Fsp3) is 0.909. The standard InChI is InChI=1S/C11H21NO2/c1-9-4-3-5-10(6-9)7-12(2)8-11(13)14/h9-10H,3-8H2,1-2H3,(H,13,14). The molecule has 3 nitrogen and oxygen atoms in total. The number of hydrogen-bond donors (Lipinski definition) is 1.